The molecule has 1 aliphatic rings. The van der Waals surface area contributed by atoms with Gasteiger partial charge in [-0.05, 0) is 35.4 Å². The molecule has 17 heavy (non-hydrogen) atoms. The molecule has 0 bridgehead atoms. The summed E-state index contributed by atoms with van der Waals surface area (Å²) in [5.41, 5.74) is 3.73. The fraction of sp³-hybridized carbons (Fsp3) is 0.250. The summed E-state index contributed by atoms with van der Waals surface area (Å²) < 4.78 is 0. The van der Waals surface area contributed by atoms with Crippen LogP contribution in [-0.4, -0.2) is 5.11 Å². The van der Waals surface area contributed by atoms with Crippen molar-refractivity contribution < 1.29 is 5.11 Å². The van der Waals surface area contributed by atoms with Crippen LogP contribution >= 0.6 is 0 Å². The average Bonchev–Trinajstić information content (AvgIpc) is 2.68. The maximum Gasteiger partial charge on any atom is 0.0827 e. The van der Waals surface area contributed by atoms with Crippen LogP contribution in [-0.2, 0) is 12.8 Å². The van der Waals surface area contributed by atoms with Gasteiger partial charge in [0.25, 0.3) is 0 Å². The van der Waals surface area contributed by atoms with Crippen molar-refractivity contribution >= 4 is 0 Å². The fourth-order valence-corrected chi connectivity index (χ4v) is 2.76. The normalized spacial score (nSPS) is 22.4. The molecule has 86 valence electrons. The lowest BCUT2D eigenvalue weighted by Crippen LogP contribution is -2.10. The minimum absolute atomic E-state index is 0.300. The first kappa shape index (κ1) is 10.5. The smallest absolute Gasteiger partial charge is 0.0827 e. The summed E-state index contributed by atoms with van der Waals surface area (Å²) >= 11 is 0. The number of hydrogen-bond donors (Lipinski definition) is 1. The zero-order valence-corrected chi connectivity index (χ0v) is 9.71. The molecule has 0 heterocycles. The lowest BCUT2D eigenvalue weighted by atomic mass is 9.95. The van der Waals surface area contributed by atoms with E-state index in [4.69, 9.17) is 0 Å². The highest BCUT2D eigenvalue weighted by Crippen LogP contribution is 2.37. The van der Waals surface area contributed by atoms with Gasteiger partial charge >= 0.3 is 0 Å². The predicted octanol–water partition coefficient (Wildman–Crippen LogP) is 3.14. The van der Waals surface area contributed by atoms with Crippen LogP contribution < -0.4 is 0 Å². The Balaban J connectivity index is 1.81. The Morgan fingerprint density at radius 2 is 1.65 bits per heavy atom. The Labute approximate surface area is 102 Å². The van der Waals surface area contributed by atoms with Crippen LogP contribution in [0.15, 0.2) is 54.6 Å². The molecular weight excluding hydrogens is 208 g/mol. The van der Waals surface area contributed by atoms with Gasteiger partial charge in [0.05, 0.1) is 6.10 Å². The molecule has 1 N–H and O–H groups in total. The Morgan fingerprint density at radius 1 is 0.941 bits per heavy atom. The summed E-state index contributed by atoms with van der Waals surface area (Å²) in [4.78, 5) is 0. The molecule has 2 aromatic rings. The number of aliphatic hydroxyl groups is 1. The van der Waals surface area contributed by atoms with Crippen molar-refractivity contribution in [2.75, 3.05) is 0 Å². The van der Waals surface area contributed by atoms with E-state index in [-0.39, 0.29) is 6.10 Å². The van der Waals surface area contributed by atoms with Gasteiger partial charge in [-0.2, -0.15) is 0 Å². The highest BCUT2D eigenvalue weighted by molar-refractivity contribution is 5.35. The van der Waals surface area contributed by atoms with Crippen LogP contribution in [0.4, 0.5) is 0 Å². The van der Waals surface area contributed by atoms with Gasteiger partial charge in [0.15, 0.2) is 0 Å². The second-order valence-corrected chi connectivity index (χ2v) is 4.80. The van der Waals surface area contributed by atoms with Crippen LogP contribution in [0.1, 0.15) is 22.8 Å². The van der Waals surface area contributed by atoms with Crippen molar-refractivity contribution in [3.05, 3.63) is 71.3 Å². The summed E-state index contributed by atoms with van der Waals surface area (Å²) in [5.74, 6) is 0.329. The molecule has 0 radical (unpaired) electrons. The first-order chi connectivity index (χ1) is 8.34. The second kappa shape index (κ2) is 4.34. The van der Waals surface area contributed by atoms with Gasteiger partial charge < -0.3 is 5.11 Å². The van der Waals surface area contributed by atoms with E-state index in [1.165, 1.54) is 11.1 Å². The van der Waals surface area contributed by atoms with Gasteiger partial charge in [0, 0.05) is 0 Å². The highest BCUT2D eigenvalue weighted by atomic mass is 16.3. The largest absolute Gasteiger partial charge is 0.388 e. The summed E-state index contributed by atoms with van der Waals surface area (Å²) in [7, 11) is 0. The number of hydrogen-bond acceptors (Lipinski definition) is 1. The highest BCUT2D eigenvalue weighted by Gasteiger charge is 2.30. The van der Waals surface area contributed by atoms with Crippen molar-refractivity contribution in [2.45, 2.75) is 18.9 Å². The first-order valence-corrected chi connectivity index (χ1v) is 6.14. The Morgan fingerprint density at radius 3 is 2.41 bits per heavy atom. The summed E-state index contributed by atoms with van der Waals surface area (Å²) in [6, 6.07) is 18.7. The second-order valence-electron chi connectivity index (χ2n) is 4.80. The average molecular weight is 224 g/mol. The Hall–Kier alpha value is -1.60. The lowest BCUT2D eigenvalue weighted by molar-refractivity contribution is 0.123. The van der Waals surface area contributed by atoms with Crippen molar-refractivity contribution in [1.82, 2.24) is 0 Å². The molecule has 2 aromatic carbocycles. The van der Waals surface area contributed by atoms with Crippen molar-refractivity contribution in [3.63, 3.8) is 0 Å². The monoisotopic (exact) mass is 224 g/mol. The predicted molar refractivity (Wildman–Crippen MR) is 68.7 cm³/mol. The van der Waals surface area contributed by atoms with Gasteiger partial charge in [0.2, 0.25) is 0 Å². The van der Waals surface area contributed by atoms with Gasteiger partial charge in [-0.25, -0.2) is 0 Å². The van der Waals surface area contributed by atoms with Crippen LogP contribution in [0.5, 0.6) is 0 Å². The van der Waals surface area contributed by atoms with Crippen LogP contribution in [0.3, 0.4) is 0 Å². The quantitative estimate of drug-likeness (QED) is 0.831. The molecule has 0 saturated heterocycles. The third-order valence-corrected chi connectivity index (χ3v) is 3.64. The van der Waals surface area contributed by atoms with Crippen LogP contribution in [0, 0.1) is 5.92 Å². The Kier molecular flexibility index (Phi) is 2.69. The molecule has 3 rings (SSSR count). The zero-order chi connectivity index (χ0) is 11.7. The van der Waals surface area contributed by atoms with E-state index in [1.807, 2.05) is 18.2 Å². The molecule has 2 atom stereocenters. The molecule has 0 fully saturated rings. The molecule has 0 saturated carbocycles. The molecular formula is C16H16O. The van der Waals surface area contributed by atoms with Crippen molar-refractivity contribution in [2.24, 2.45) is 5.92 Å². The van der Waals surface area contributed by atoms with Gasteiger partial charge in [-0.1, -0.05) is 54.6 Å². The van der Waals surface area contributed by atoms with Gasteiger partial charge in [0.1, 0.15) is 0 Å². The molecule has 1 aliphatic carbocycles. The molecule has 1 heteroatoms. The molecule has 0 amide bonds. The van der Waals surface area contributed by atoms with Crippen LogP contribution in [0.2, 0.25) is 0 Å². The van der Waals surface area contributed by atoms with E-state index in [0.717, 1.165) is 18.4 Å². The molecule has 1 nitrogen and oxygen atoms in total. The van der Waals surface area contributed by atoms with Gasteiger partial charge in [-0.15, -0.1) is 0 Å². The van der Waals surface area contributed by atoms with E-state index in [0.29, 0.717) is 5.92 Å². The lowest BCUT2D eigenvalue weighted by Gasteiger charge is -2.14. The minimum Gasteiger partial charge on any atom is -0.388 e. The SMILES string of the molecule is O[C@H]1c2ccccc2C[C@@H]1Cc1ccccc1. The van der Waals surface area contributed by atoms with E-state index >= 15 is 0 Å². The van der Waals surface area contributed by atoms with Gasteiger partial charge in [-0.3, -0.25) is 0 Å². The number of fused-ring (bicyclic) bond motifs is 1. The molecule has 0 spiro atoms. The molecule has 0 unspecified atom stereocenters. The number of aliphatic hydroxyl groups excluding tert-OH is 1. The number of rotatable bonds is 2. The molecule has 0 aromatic heterocycles. The van der Waals surface area contributed by atoms with Crippen LogP contribution in [0.25, 0.3) is 0 Å². The van der Waals surface area contributed by atoms with Crippen molar-refractivity contribution in [3.8, 4) is 0 Å². The third kappa shape index (κ3) is 1.98. The minimum atomic E-state index is -0.300. The van der Waals surface area contributed by atoms with E-state index in [9.17, 15) is 5.11 Å². The van der Waals surface area contributed by atoms with E-state index < -0.39 is 0 Å². The van der Waals surface area contributed by atoms with E-state index in [2.05, 4.69) is 36.4 Å². The summed E-state index contributed by atoms with van der Waals surface area (Å²) in [6.07, 6.45) is 1.65. The third-order valence-electron chi connectivity index (χ3n) is 3.64. The van der Waals surface area contributed by atoms with E-state index in [1.54, 1.807) is 0 Å². The fourth-order valence-electron chi connectivity index (χ4n) is 2.76. The maximum absolute atomic E-state index is 10.3. The number of benzene rings is 2. The first-order valence-electron chi connectivity index (χ1n) is 6.14. The standard InChI is InChI=1S/C16H16O/c17-16-14(10-12-6-2-1-3-7-12)11-13-8-4-5-9-15(13)16/h1-9,14,16-17H,10-11H2/t14-,16+/m0/s1. The van der Waals surface area contributed by atoms with Crippen molar-refractivity contribution in [1.29, 1.82) is 0 Å². The zero-order valence-electron chi connectivity index (χ0n) is 9.71. The maximum atomic E-state index is 10.3. The summed E-state index contributed by atoms with van der Waals surface area (Å²) in [6.45, 7) is 0. The summed E-state index contributed by atoms with van der Waals surface area (Å²) in [5, 5.41) is 10.3. The topological polar surface area (TPSA) is 20.2 Å². The molecule has 0 aliphatic heterocycles. The Bertz CT molecular complexity index is 504.